The minimum absolute atomic E-state index is 0.00242. The van der Waals surface area contributed by atoms with Gasteiger partial charge in [0.25, 0.3) is 11.5 Å². The fourth-order valence-electron chi connectivity index (χ4n) is 5.00. The molecule has 1 saturated heterocycles. The highest BCUT2D eigenvalue weighted by Gasteiger charge is 2.45. The van der Waals surface area contributed by atoms with E-state index in [1.807, 2.05) is 0 Å². The van der Waals surface area contributed by atoms with E-state index in [-0.39, 0.29) is 33.8 Å². The molecule has 1 aromatic heterocycles. The number of hydrogen-bond acceptors (Lipinski definition) is 6. The van der Waals surface area contributed by atoms with Crippen LogP contribution in [0.4, 0.5) is 0 Å². The third-order valence-corrected chi connectivity index (χ3v) is 6.95. The number of methoxy groups -OCH3 is 1. The molecule has 2 N–H and O–H groups in total. The molecular formula is C23H25N3O5. The molecule has 0 unspecified atom stereocenters. The number of nitrogens with one attached hydrogen (secondary N) is 1. The van der Waals surface area contributed by atoms with Crippen LogP contribution in [0.3, 0.4) is 0 Å². The molecular weight excluding hydrogens is 398 g/mol. The summed E-state index contributed by atoms with van der Waals surface area (Å²) in [6.45, 7) is 1.07. The van der Waals surface area contributed by atoms with E-state index in [0.29, 0.717) is 19.0 Å². The van der Waals surface area contributed by atoms with Gasteiger partial charge in [0.1, 0.15) is 11.6 Å². The van der Waals surface area contributed by atoms with Gasteiger partial charge in [0, 0.05) is 35.5 Å². The zero-order valence-corrected chi connectivity index (χ0v) is 17.4. The number of piperidine rings is 1. The average Bonchev–Trinajstić information content (AvgIpc) is 3.57. The van der Waals surface area contributed by atoms with Crippen LogP contribution in [0.1, 0.15) is 75.8 Å². The molecule has 0 atom stereocenters. The minimum atomic E-state index is -0.604. The molecule has 162 valence electrons. The molecule has 0 radical (unpaired) electrons. The fraction of sp³-hybridized carbons (Fsp3) is 0.478. The number of rotatable bonds is 3. The maximum absolute atomic E-state index is 13.1. The predicted molar refractivity (Wildman–Crippen MR) is 111 cm³/mol. The van der Waals surface area contributed by atoms with Crippen molar-refractivity contribution in [1.82, 2.24) is 14.9 Å². The standard InChI is InChI=1S/C23H25N3O5/c1-31-22(30)15-10-14(11-16(27)12-15)21(29)26-8-6-23(7-9-26)5-4-17-18(23)24-19(13-2-3-13)25-20(17)28/h10-13,27H,2-9H2,1H3,(H,24,25,28). The largest absolute Gasteiger partial charge is 0.508 e. The maximum Gasteiger partial charge on any atom is 0.338 e. The van der Waals surface area contributed by atoms with Crippen LogP contribution < -0.4 is 5.56 Å². The summed E-state index contributed by atoms with van der Waals surface area (Å²) in [5, 5.41) is 9.94. The third kappa shape index (κ3) is 3.40. The van der Waals surface area contributed by atoms with Crippen molar-refractivity contribution in [2.75, 3.05) is 20.2 Å². The van der Waals surface area contributed by atoms with Crippen molar-refractivity contribution in [2.45, 2.75) is 49.9 Å². The van der Waals surface area contributed by atoms with Crippen LogP contribution in [0, 0.1) is 0 Å². The topological polar surface area (TPSA) is 113 Å². The smallest absolute Gasteiger partial charge is 0.338 e. The number of benzene rings is 1. The summed E-state index contributed by atoms with van der Waals surface area (Å²) < 4.78 is 4.70. The molecule has 3 aliphatic rings. The molecule has 8 nitrogen and oxygen atoms in total. The zero-order chi connectivity index (χ0) is 21.8. The molecule has 2 heterocycles. The minimum Gasteiger partial charge on any atom is -0.508 e. The number of phenolic OH excluding ortho intramolecular Hbond substituents is 1. The van der Waals surface area contributed by atoms with E-state index in [9.17, 15) is 19.5 Å². The number of amides is 1. The number of nitrogens with zero attached hydrogens (tertiary/aromatic N) is 2. The third-order valence-electron chi connectivity index (χ3n) is 6.95. The summed E-state index contributed by atoms with van der Waals surface area (Å²) in [7, 11) is 1.26. The normalized spacial score (nSPS) is 19.3. The Labute approximate surface area is 179 Å². The number of phenols is 1. The van der Waals surface area contributed by atoms with Gasteiger partial charge in [-0.05, 0) is 56.7 Å². The summed E-state index contributed by atoms with van der Waals surface area (Å²) in [6.07, 6.45) is 5.26. The van der Waals surface area contributed by atoms with E-state index < -0.39 is 5.97 Å². The summed E-state index contributed by atoms with van der Waals surface area (Å²) >= 11 is 0. The lowest BCUT2D eigenvalue weighted by molar-refractivity contribution is 0.0600. The van der Waals surface area contributed by atoms with Crippen LogP contribution in [0.2, 0.25) is 0 Å². The Kier molecular flexibility index (Phi) is 4.60. The van der Waals surface area contributed by atoms with Gasteiger partial charge in [0.2, 0.25) is 0 Å². The number of fused-ring (bicyclic) bond motifs is 2. The lowest BCUT2D eigenvalue weighted by Crippen LogP contribution is -2.45. The van der Waals surface area contributed by atoms with Crippen molar-refractivity contribution in [3.05, 3.63) is 56.8 Å². The maximum atomic E-state index is 13.1. The van der Waals surface area contributed by atoms with Crippen LogP contribution in [-0.2, 0) is 16.6 Å². The SMILES string of the molecule is COC(=O)c1cc(O)cc(C(=O)N2CCC3(CCc4c3nc(C3CC3)[nH]c4=O)CC2)c1. The average molecular weight is 423 g/mol. The van der Waals surface area contributed by atoms with E-state index in [4.69, 9.17) is 9.72 Å². The van der Waals surface area contributed by atoms with Gasteiger partial charge in [-0.1, -0.05) is 0 Å². The van der Waals surface area contributed by atoms with Crippen molar-refractivity contribution in [3.63, 3.8) is 0 Å². The number of ether oxygens (including phenoxy) is 1. The van der Waals surface area contributed by atoms with Crippen molar-refractivity contribution >= 4 is 11.9 Å². The van der Waals surface area contributed by atoms with E-state index in [2.05, 4.69) is 4.98 Å². The highest BCUT2D eigenvalue weighted by atomic mass is 16.5. The number of aromatic nitrogens is 2. The number of H-pyrrole nitrogens is 1. The highest BCUT2D eigenvalue weighted by molar-refractivity contribution is 5.98. The Morgan fingerprint density at radius 3 is 2.55 bits per heavy atom. The van der Waals surface area contributed by atoms with Gasteiger partial charge in [0.05, 0.1) is 18.4 Å². The molecule has 0 bridgehead atoms. The number of hydrogen-bond donors (Lipinski definition) is 2. The van der Waals surface area contributed by atoms with E-state index >= 15 is 0 Å². The molecule has 8 heteroatoms. The molecule has 2 aliphatic carbocycles. The van der Waals surface area contributed by atoms with Crippen LogP contribution in [0.15, 0.2) is 23.0 Å². The first-order valence-electron chi connectivity index (χ1n) is 10.8. The number of likely N-dealkylation sites (tertiary alicyclic amines) is 1. The number of aromatic hydroxyl groups is 1. The number of esters is 1. The lowest BCUT2D eigenvalue weighted by atomic mass is 9.76. The molecule has 1 aliphatic heterocycles. The Hall–Kier alpha value is -3.16. The first-order valence-corrected chi connectivity index (χ1v) is 10.8. The first-order chi connectivity index (χ1) is 14.9. The van der Waals surface area contributed by atoms with Gasteiger partial charge >= 0.3 is 5.97 Å². The summed E-state index contributed by atoms with van der Waals surface area (Å²) in [4.78, 5) is 47.1. The van der Waals surface area contributed by atoms with Crippen LogP contribution >= 0.6 is 0 Å². The van der Waals surface area contributed by atoms with Gasteiger partial charge in [-0.15, -0.1) is 0 Å². The fourth-order valence-corrected chi connectivity index (χ4v) is 5.00. The van der Waals surface area contributed by atoms with Gasteiger partial charge < -0.3 is 19.7 Å². The Balaban J connectivity index is 1.36. The molecule has 1 saturated carbocycles. The Bertz CT molecular complexity index is 1130. The number of carbonyl (C=O) groups is 2. The molecule has 1 amide bonds. The second kappa shape index (κ2) is 7.21. The molecule has 1 aromatic carbocycles. The van der Waals surface area contributed by atoms with Crippen molar-refractivity contribution in [1.29, 1.82) is 0 Å². The van der Waals surface area contributed by atoms with Crippen molar-refractivity contribution in [2.24, 2.45) is 0 Å². The zero-order valence-electron chi connectivity index (χ0n) is 17.4. The molecule has 5 rings (SSSR count). The van der Waals surface area contributed by atoms with Crippen LogP contribution in [0.5, 0.6) is 5.75 Å². The van der Waals surface area contributed by atoms with Crippen LogP contribution in [-0.4, -0.2) is 52.1 Å². The van der Waals surface area contributed by atoms with Gasteiger partial charge in [-0.25, -0.2) is 9.78 Å². The van der Waals surface area contributed by atoms with Gasteiger partial charge in [-0.2, -0.15) is 0 Å². The second-order valence-electron chi connectivity index (χ2n) is 8.89. The van der Waals surface area contributed by atoms with Gasteiger partial charge in [0.15, 0.2) is 0 Å². The van der Waals surface area contributed by atoms with Crippen molar-refractivity contribution in [3.8, 4) is 5.75 Å². The lowest BCUT2D eigenvalue weighted by Gasteiger charge is -2.39. The van der Waals surface area contributed by atoms with E-state index in [1.165, 1.54) is 25.3 Å². The monoisotopic (exact) mass is 423 g/mol. The number of carbonyl (C=O) groups excluding carboxylic acids is 2. The quantitative estimate of drug-likeness (QED) is 0.733. The number of aromatic amines is 1. The summed E-state index contributed by atoms with van der Waals surface area (Å²) in [5.41, 5.74) is 1.99. The van der Waals surface area contributed by atoms with E-state index in [1.54, 1.807) is 4.90 Å². The summed E-state index contributed by atoms with van der Waals surface area (Å²) in [6, 6.07) is 4.10. The molecule has 2 fully saturated rings. The Morgan fingerprint density at radius 2 is 1.87 bits per heavy atom. The second-order valence-corrected chi connectivity index (χ2v) is 8.89. The molecule has 2 aromatic rings. The van der Waals surface area contributed by atoms with Gasteiger partial charge in [-0.3, -0.25) is 9.59 Å². The first kappa shape index (κ1) is 19.8. The van der Waals surface area contributed by atoms with Crippen LogP contribution in [0.25, 0.3) is 0 Å². The molecule has 31 heavy (non-hydrogen) atoms. The predicted octanol–water partition coefficient (Wildman–Crippen LogP) is 2.26. The summed E-state index contributed by atoms with van der Waals surface area (Å²) in [5.74, 6) is 0.214. The van der Waals surface area contributed by atoms with Crippen molar-refractivity contribution < 1.29 is 19.4 Å². The molecule has 1 spiro atoms. The highest BCUT2D eigenvalue weighted by Crippen LogP contribution is 2.46. The van der Waals surface area contributed by atoms with E-state index in [0.717, 1.165) is 55.6 Å². The Morgan fingerprint density at radius 1 is 1.16 bits per heavy atom.